The molecule has 5 heteroatoms. The van der Waals surface area contributed by atoms with Crippen molar-refractivity contribution in [2.45, 2.75) is 0 Å². The largest absolute Gasteiger partial charge is 0.260 e. The Morgan fingerprint density at radius 1 is 0.314 bits per heavy atom. The summed E-state index contributed by atoms with van der Waals surface area (Å²) in [6.07, 6.45) is 0. The zero-order valence-corrected chi connectivity index (χ0v) is 27.5. The Kier molecular flexibility index (Phi) is 6.74. The van der Waals surface area contributed by atoms with Crippen LogP contribution in [0.3, 0.4) is 0 Å². The van der Waals surface area contributed by atoms with E-state index in [0.717, 1.165) is 50.1 Å². The molecule has 0 aliphatic rings. The molecule has 0 spiro atoms. The summed E-state index contributed by atoms with van der Waals surface area (Å²) >= 11 is 0. The summed E-state index contributed by atoms with van der Waals surface area (Å²) in [4.78, 5) is 20.7. The lowest BCUT2D eigenvalue weighted by molar-refractivity contribution is 0.930. The Hall–Kier alpha value is -6.98. The van der Waals surface area contributed by atoms with E-state index in [-0.39, 0.29) is 0 Å². The minimum Gasteiger partial charge on any atom is -0.260 e. The van der Waals surface area contributed by atoms with E-state index in [4.69, 9.17) is 19.9 Å². The van der Waals surface area contributed by atoms with Crippen molar-refractivity contribution in [1.82, 2.24) is 24.5 Å². The fourth-order valence-electron chi connectivity index (χ4n) is 7.25. The summed E-state index contributed by atoms with van der Waals surface area (Å²) < 4.78 is 2.06. The molecule has 2 heterocycles. The van der Waals surface area contributed by atoms with Gasteiger partial charge in [-0.15, -0.1) is 0 Å². The lowest BCUT2D eigenvalue weighted by Crippen LogP contribution is -2.08. The molecule has 10 rings (SSSR count). The molecule has 0 amide bonds. The van der Waals surface area contributed by atoms with Crippen LogP contribution in [-0.4, -0.2) is 24.5 Å². The number of fused-ring (bicyclic) bond motifs is 7. The molecule has 0 atom stereocenters. The molecule has 0 bridgehead atoms. The van der Waals surface area contributed by atoms with Crippen LogP contribution in [-0.2, 0) is 0 Å². The van der Waals surface area contributed by atoms with Crippen molar-refractivity contribution < 1.29 is 0 Å². The molecule has 0 fully saturated rings. The third kappa shape index (κ3) is 4.94. The normalized spacial score (nSPS) is 11.5. The molecule has 0 saturated heterocycles. The monoisotopic (exact) mass is 651 g/mol. The topological polar surface area (TPSA) is 56.5 Å². The number of hydrogen-bond acceptors (Lipinski definition) is 4. The van der Waals surface area contributed by atoms with E-state index in [0.29, 0.717) is 17.6 Å². The first kappa shape index (κ1) is 29.0. The van der Waals surface area contributed by atoms with Crippen LogP contribution in [0.2, 0.25) is 0 Å². The molecule has 5 nitrogen and oxygen atoms in total. The molecule has 0 N–H and O–H groups in total. The molecule has 51 heavy (non-hydrogen) atoms. The summed E-state index contributed by atoms with van der Waals surface area (Å²) in [5.74, 6) is 2.47. The zero-order valence-electron chi connectivity index (χ0n) is 27.5. The third-order valence-electron chi connectivity index (χ3n) is 9.65. The number of nitrogens with zero attached hydrogens (tertiary/aromatic N) is 5. The van der Waals surface area contributed by atoms with Crippen LogP contribution in [0.25, 0.3) is 94.6 Å². The average molecular weight is 652 g/mol. The van der Waals surface area contributed by atoms with Crippen molar-refractivity contribution in [3.63, 3.8) is 0 Å². The smallest absolute Gasteiger partial charge is 0.240 e. The molecule has 0 saturated carbocycles. The molecule has 2 aromatic heterocycles. The second-order valence-corrected chi connectivity index (χ2v) is 12.7. The summed E-state index contributed by atoms with van der Waals surface area (Å²) in [5.41, 5.74) is 6.82. The highest BCUT2D eigenvalue weighted by atomic mass is 15.2. The quantitative estimate of drug-likeness (QED) is 0.174. The number of aromatic nitrogens is 5. The molecule has 0 radical (unpaired) electrons. The molecule has 238 valence electrons. The average Bonchev–Trinajstić information content (AvgIpc) is 3.61. The first-order valence-corrected chi connectivity index (χ1v) is 17.1. The van der Waals surface area contributed by atoms with Gasteiger partial charge in [0.2, 0.25) is 5.95 Å². The van der Waals surface area contributed by atoms with Gasteiger partial charge < -0.3 is 0 Å². The van der Waals surface area contributed by atoms with Gasteiger partial charge in [-0.05, 0) is 67.7 Å². The number of para-hydroxylation sites is 2. The minimum atomic E-state index is 0.510. The van der Waals surface area contributed by atoms with Gasteiger partial charge in [-0.3, -0.25) is 4.57 Å². The van der Waals surface area contributed by atoms with Gasteiger partial charge in [0.1, 0.15) is 5.82 Å². The molecule has 0 aliphatic carbocycles. The first-order valence-electron chi connectivity index (χ1n) is 17.1. The second-order valence-electron chi connectivity index (χ2n) is 12.7. The maximum absolute atomic E-state index is 5.24. The molecular formula is C46H29N5. The van der Waals surface area contributed by atoms with E-state index >= 15 is 0 Å². The number of rotatable bonds is 5. The molecule has 0 aliphatic heterocycles. The van der Waals surface area contributed by atoms with Crippen LogP contribution in [0.15, 0.2) is 176 Å². The molecule has 0 unspecified atom stereocenters. The van der Waals surface area contributed by atoms with Crippen LogP contribution in [0, 0.1) is 0 Å². The highest BCUT2D eigenvalue weighted by Crippen LogP contribution is 2.37. The van der Waals surface area contributed by atoms with Crippen molar-refractivity contribution in [3.05, 3.63) is 176 Å². The van der Waals surface area contributed by atoms with Gasteiger partial charge >= 0.3 is 0 Å². The molecular weight excluding hydrogens is 623 g/mol. The standard InChI is InChI=1S/C46H29N5/c1-3-14-30(15-4-1)32-18-13-19-33(28-32)43-48-44(34-26-27-39-37-22-8-7-20-35(37)36-21-9-10-23-38(36)40(39)29-34)50-46(49-43)51-42-25-12-11-24-41(42)47-45(51)31-16-5-2-6-17-31/h1-29H. The summed E-state index contributed by atoms with van der Waals surface area (Å²) in [5, 5.41) is 7.26. The van der Waals surface area contributed by atoms with E-state index in [1.165, 1.54) is 26.9 Å². The first-order chi connectivity index (χ1) is 25.3. The summed E-state index contributed by atoms with van der Waals surface area (Å²) in [6.45, 7) is 0. The van der Waals surface area contributed by atoms with Gasteiger partial charge in [-0.25, -0.2) is 9.97 Å². The van der Waals surface area contributed by atoms with Crippen LogP contribution >= 0.6 is 0 Å². The van der Waals surface area contributed by atoms with Gasteiger partial charge in [-0.2, -0.15) is 9.97 Å². The van der Waals surface area contributed by atoms with E-state index in [1.54, 1.807) is 0 Å². The Balaban J connectivity index is 1.25. The maximum Gasteiger partial charge on any atom is 0.240 e. The lowest BCUT2D eigenvalue weighted by atomic mass is 9.93. The Morgan fingerprint density at radius 3 is 1.51 bits per heavy atom. The van der Waals surface area contributed by atoms with Gasteiger partial charge in [0, 0.05) is 16.7 Å². The van der Waals surface area contributed by atoms with Crippen molar-refractivity contribution in [2.24, 2.45) is 0 Å². The van der Waals surface area contributed by atoms with E-state index in [2.05, 4.69) is 138 Å². The fraction of sp³-hybridized carbons (Fsp3) is 0. The van der Waals surface area contributed by atoms with Crippen LogP contribution in [0.1, 0.15) is 0 Å². The van der Waals surface area contributed by atoms with Gasteiger partial charge in [0.25, 0.3) is 0 Å². The summed E-state index contributed by atoms with van der Waals surface area (Å²) in [6, 6.07) is 61.0. The van der Waals surface area contributed by atoms with Crippen LogP contribution in [0.5, 0.6) is 0 Å². The van der Waals surface area contributed by atoms with Gasteiger partial charge in [0.05, 0.1) is 11.0 Å². The van der Waals surface area contributed by atoms with Crippen LogP contribution in [0.4, 0.5) is 0 Å². The zero-order chi connectivity index (χ0) is 33.7. The van der Waals surface area contributed by atoms with Crippen molar-refractivity contribution in [2.75, 3.05) is 0 Å². The summed E-state index contributed by atoms with van der Waals surface area (Å²) in [7, 11) is 0. The van der Waals surface area contributed by atoms with E-state index < -0.39 is 0 Å². The van der Waals surface area contributed by atoms with Crippen LogP contribution < -0.4 is 0 Å². The maximum atomic E-state index is 5.24. The van der Waals surface area contributed by atoms with Crippen molar-refractivity contribution >= 4 is 43.4 Å². The van der Waals surface area contributed by atoms with E-state index in [1.807, 2.05) is 42.5 Å². The predicted octanol–water partition coefficient (Wildman–Crippen LogP) is 11.3. The van der Waals surface area contributed by atoms with Crippen molar-refractivity contribution in [3.8, 4) is 51.2 Å². The number of hydrogen-bond donors (Lipinski definition) is 0. The highest BCUT2D eigenvalue weighted by molar-refractivity contribution is 6.25. The number of benzene rings is 8. The molecule has 8 aromatic carbocycles. The highest BCUT2D eigenvalue weighted by Gasteiger charge is 2.20. The second kappa shape index (κ2) is 11.9. The third-order valence-corrected chi connectivity index (χ3v) is 9.65. The molecule has 10 aromatic rings. The number of imidazole rings is 1. The van der Waals surface area contributed by atoms with Gasteiger partial charge in [0.15, 0.2) is 11.6 Å². The Morgan fingerprint density at radius 2 is 0.824 bits per heavy atom. The van der Waals surface area contributed by atoms with Crippen molar-refractivity contribution in [1.29, 1.82) is 0 Å². The minimum absolute atomic E-state index is 0.510. The SMILES string of the molecule is c1ccc(-c2cccc(-c3nc(-c4ccc5c6ccccc6c6ccccc6c5c4)nc(-n4c(-c5ccccc5)nc5ccccc54)n3)c2)cc1. The van der Waals surface area contributed by atoms with E-state index in [9.17, 15) is 0 Å². The Bertz CT molecular complexity index is 2880. The predicted molar refractivity (Wildman–Crippen MR) is 209 cm³/mol. The Labute approximate surface area is 294 Å². The lowest BCUT2D eigenvalue weighted by Gasteiger charge is -2.14. The fourth-order valence-corrected chi connectivity index (χ4v) is 7.25. The van der Waals surface area contributed by atoms with Gasteiger partial charge in [-0.1, -0.05) is 152 Å².